The van der Waals surface area contributed by atoms with E-state index in [-0.39, 0.29) is 11.4 Å². The minimum Gasteiger partial charge on any atom is -0.370 e. The monoisotopic (exact) mass is 340 g/mol. The van der Waals surface area contributed by atoms with Gasteiger partial charge in [0.25, 0.3) is 10.9 Å². The summed E-state index contributed by atoms with van der Waals surface area (Å²) in [5.74, 6) is -3.72. The Kier molecular flexibility index (Phi) is 5.59. The minimum absolute atomic E-state index is 0.374. The molecule has 0 bridgehead atoms. The predicted octanol–water partition coefficient (Wildman–Crippen LogP) is -4.43. The van der Waals surface area contributed by atoms with Crippen molar-refractivity contribution in [2.75, 3.05) is 10.6 Å². The van der Waals surface area contributed by atoms with Gasteiger partial charge in [-0.05, 0) is 0 Å². The highest BCUT2D eigenvalue weighted by molar-refractivity contribution is 5.93. The molecule has 1 aromatic rings. The number of nitrogens with one attached hydrogen (secondary N) is 2. The number of nitrogens with two attached hydrogens (primary N) is 4. The van der Waals surface area contributed by atoms with Gasteiger partial charge in [-0.15, -0.1) is 0 Å². The van der Waals surface area contributed by atoms with Gasteiger partial charge in [-0.25, -0.2) is 0 Å². The van der Waals surface area contributed by atoms with Crippen molar-refractivity contribution in [3.05, 3.63) is 20.4 Å². The van der Waals surface area contributed by atoms with E-state index in [0.717, 1.165) is 0 Å². The quantitative estimate of drug-likeness (QED) is 0.227. The summed E-state index contributed by atoms with van der Waals surface area (Å²) in [6, 6.07) is -2.68. The predicted molar refractivity (Wildman–Crippen MR) is 82.2 cm³/mol. The van der Waals surface area contributed by atoms with Crippen molar-refractivity contribution in [1.29, 1.82) is 0 Å². The molecule has 1 rings (SSSR count). The second-order valence-electron chi connectivity index (χ2n) is 4.95. The van der Waals surface area contributed by atoms with E-state index in [0.29, 0.717) is 0 Å². The van der Waals surface area contributed by atoms with E-state index in [1.807, 2.05) is 0 Å². The molecule has 0 saturated carbocycles. The fraction of sp³-hybridized carbons (Fsp3) is 0.333. The molecule has 0 aliphatic carbocycles. The van der Waals surface area contributed by atoms with Crippen LogP contribution >= 0.6 is 0 Å². The van der Waals surface area contributed by atoms with Crippen LogP contribution in [0.25, 0.3) is 0 Å². The number of anilines is 2. The molecule has 0 spiro atoms. The van der Waals surface area contributed by atoms with Crippen molar-refractivity contribution in [2.45, 2.75) is 24.9 Å². The highest BCUT2D eigenvalue weighted by atomic mass is 16.2. The van der Waals surface area contributed by atoms with Crippen LogP contribution in [0.1, 0.15) is 12.8 Å². The average molecular weight is 340 g/mol. The fourth-order valence-electron chi connectivity index (χ4n) is 1.86. The van der Waals surface area contributed by atoms with Crippen LogP contribution < -0.4 is 44.4 Å². The molecule has 0 aliphatic rings. The van der Waals surface area contributed by atoms with Gasteiger partial charge in [-0.2, -0.15) is 0 Å². The molecule has 1 aromatic carbocycles. The molecule has 0 saturated heterocycles. The first-order valence-corrected chi connectivity index (χ1v) is 6.56. The molecular weight excluding hydrogens is 324 g/mol. The third kappa shape index (κ3) is 4.28. The number of hydrogen-bond acceptors (Lipinski definition) is 8. The van der Waals surface area contributed by atoms with Crippen LogP contribution in [0, 0.1) is 0 Å². The van der Waals surface area contributed by atoms with Crippen LogP contribution in [0.3, 0.4) is 0 Å². The maximum absolute atomic E-state index is 11.6. The summed E-state index contributed by atoms with van der Waals surface area (Å²) in [5, 5.41) is 4.63. The van der Waals surface area contributed by atoms with Crippen molar-refractivity contribution < 1.29 is 19.2 Å². The van der Waals surface area contributed by atoms with Gasteiger partial charge in [0.15, 0.2) is 0 Å². The molecule has 130 valence electrons. The van der Waals surface area contributed by atoms with E-state index in [4.69, 9.17) is 22.9 Å². The summed E-state index contributed by atoms with van der Waals surface area (Å²) in [7, 11) is 0. The smallest absolute Gasteiger partial charge is 0.253 e. The number of carbonyl (C=O) groups is 4. The van der Waals surface area contributed by atoms with E-state index >= 15 is 0 Å². The molecule has 0 heterocycles. The Morgan fingerprint density at radius 3 is 1.21 bits per heavy atom. The standard InChI is InChI=1S/C12H16N6O6/c13-5(19)1-3(11(15)23)17-7-8(10(22)9(7)21)18-4(12(16)24)2-6(14)20/h3-4,17-18H,1-2H2,(H2,13,19)(H2,14,20)(H2,15,23)(H2,16,24). The Hall–Kier alpha value is -3.44. The third-order valence-corrected chi connectivity index (χ3v) is 3.04. The van der Waals surface area contributed by atoms with E-state index in [1.165, 1.54) is 0 Å². The summed E-state index contributed by atoms with van der Waals surface area (Å²) in [5.41, 5.74) is 17.3. The fourth-order valence-corrected chi connectivity index (χ4v) is 1.86. The Morgan fingerprint density at radius 2 is 1.00 bits per heavy atom. The summed E-state index contributed by atoms with van der Waals surface area (Å²) in [4.78, 5) is 67.5. The zero-order chi connectivity index (χ0) is 18.6. The normalized spacial score (nSPS) is 13.0. The van der Waals surface area contributed by atoms with Crippen molar-refractivity contribution in [3.8, 4) is 0 Å². The SMILES string of the molecule is NC(=O)CC(Nc1c(NC(CC(N)=O)C(N)=O)c(=O)c1=O)C(N)=O. The van der Waals surface area contributed by atoms with Gasteiger partial charge < -0.3 is 33.6 Å². The second-order valence-corrected chi connectivity index (χ2v) is 4.95. The Morgan fingerprint density at radius 1 is 0.708 bits per heavy atom. The van der Waals surface area contributed by atoms with E-state index < -0.39 is 59.4 Å². The lowest BCUT2D eigenvalue weighted by molar-refractivity contribution is -0.123. The zero-order valence-corrected chi connectivity index (χ0v) is 12.3. The Labute approximate surface area is 134 Å². The van der Waals surface area contributed by atoms with E-state index in [9.17, 15) is 28.8 Å². The molecule has 12 nitrogen and oxygen atoms in total. The van der Waals surface area contributed by atoms with Gasteiger partial charge in [0, 0.05) is 0 Å². The van der Waals surface area contributed by atoms with Gasteiger partial charge in [-0.1, -0.05) is 0 Å². The topological polar surface area (TPSA) is 231 Å². The lowest BCUT2D eigenvalue weighted by Gasteiger charge is -2.22. The minimum atomic E-state index is -1.34. The summed E-state index contributed by atoms with van der Waals surface area (Å²) in [6.45, 7) is 0. The number of amides is 4. The van der Waals surface area contributed by atoms with Gasteiger partial charge >= 0.3 is 0 Å². The average Bonchev–Trinajstić information content (AvgIpc) is 2.46. The maximum Gasteiger partial charge on any atom is 0.253 e. The molecule has 0 aliphatic heterocycles. The van der Waals surface area contributed by atoms with Gasteiger partial charge in [0.2, 0.25) is 23.6 Å². The van der Waals surface area contributed by atoms with Gasteiger partial charge in [-0.3, -0.25) is 28.8 Å². The number of carbonyl (C=O) groups excluding carboxylic acids is 4. The number of hydrogen-bond donors (Lipinski definition) is 6. The van der Waals surface area contributed by atoms with Crippen LogP contribution in [0.15, 0.2) is 9.59 Å². The van der Waals surface area contributed by atoms with Crippen LogP contribution in [0.5, 0.6) is 0 Å². The summed E-state index contributed by atoms with van der Waals surface area (Å²) >= 11 is 0. The van der Waals surface area contributed by atoms with Crippen molar-refractivity contribution >= 4 is 35.0 Å². The van der Waals surface area contributed by atoms with Crippen LogP contribution in [0.2, 0.25) is 0 Å². The number of primary amides is 4. The van der Waals surface area contributed by atoms with Gasteiger partial charge in [0.05, 0.1) is 12.8 Å². The first-order chi connectivity index (χ1) is 11.0. The molecule has 0 fully saturated rings. The molecule has 0 aromatic heterocycles. The molecule has 2 unspecified atom stereocenters. The van der Waals surface area contributed by atoms with E-state index in [2.05, 4.69) is 10.6 Å². The highest BCUT2D eigenvalue weighted by Crippen LogP contribution is 2.18. The van der Waals surface area contributed by atoms with Crippen molar-refractivity contribution in [3.63, 3.8) is 0 Å². The largest absolute Gasteiger partial charge is 0.370 e. The molecule has 4 amide bonds. The Balaban J connectivity index is 3.05. The summed E-state index contributed by atoms with van der Waals surface area (Å²) in [6.07, 6.45) is -1.04. The van der Waals surface area contributed by atoms with Crippen LogP contribution in [-0.4, -0.2) is 35.7 Å². The van der Waals surface area contributed by atoms with Gasteiger partial charge in [0.1, 0.15) is 23.5 Å². The van der Waals surface area contributed by atoms with E-state index in [1.54, 1.807) is 0 Å². The van der Waals surface area contributed by atoms with Crippen LogP contribution in [-0.2, 0) is 19.2 Å². The lowest BCUT2D eigenvalue weighted by Crippen LogP contribution is -2.47. The highest BCUT2D eigenvalue weighted by Gasteiger charge is 2.29. The zero-order valence-electron chi connectivity index (χ0n) is 12.3. The molecule has 2 atom stereocenters. The summed E-state index contributed by atoms with van der Waals surface area (Å²) < 4.78 is 0. The van der Waals surface area contributed by atoms with Crippen molar-refractivity contribution in [1.82, 2.24) is 0 Å². The van der Waals surface area contributed by atoms with Crippen molar-refractivity contribution in [2.24, 2.45) is 22.9 Å². The lowest BCUT2D eigenvalue weighted by atomic mass is 10.1. The molecule has 0 radical (unpaired) electrons. The molecular formula is C12H16N6O6. The maximum atomic E-state index is 11.6. The Bertz CT molecular complexity index is 701. The molecule has 10 N–H and O–H groups in total. The number of rotatable bonds is 10. The third-order valence-electron chi connectivity index (χ3n) is 3.04. The first-order valence-electron chi connectivity index (χ1n) is 6.56. The van der Waals surface area contributed by atoms with Crippen LogP contribution in [0.4, 0.5) is 11.4 Å². The molecule has 12 heteroatoms. The molecule has 24 heavy (non-hydrogen) atoms. The first kappa shape index (κ1) is 18.6. The second kappa shape index (κ2) is 7.21.